The highest BCUT2D eigenvalue weighted by molar-refractivity contribution is 6.21. The second kappa shape index (κ2) is 14.9. The van der Waals surface area contributed by atoms with Crippen LogP contribution in [0.25, 0.3) is 0 Å². The van der Waals surface area contributed by atoms with Crippen molar-refractivity contribution in [1.29, 1.82) is 0 Å². The Morgan fingerprint density at radius 2 is 0.534 bits per heavy atom. The van der Waals surface area contributed by atoms with E-state index in [1.54, 1.807) is 0 Å². The maximum absolute atomic E-state index is 16.8. The molecule has 0 amide bonds. The van der Waals surface area contributed by atoms with Gasteiger partial charge in [-0.3, -0.25) is 31.9 Å². The van der Waals surface area contributed by atoms with Gasteiger partial charge in [-0.25, -0.2) is 65.9 Å². The Kier molecular flexibility index (Phi) is 10.9. The molecule has 332 valence electrons. The predicted molar refractivity (Wildman–Crippen MR) is 171 cm³/mol. The molecule has 4 saturated carbocycles. The van der Waals surface area contributed by atoms with Gasteiger partial charge < -0.3 is 0 Å². The Morgan fingerprint density at radius 3 is 0.879 bits per heavy atom. The van der Waals surface area contributed by atoms with Gasteiger partial charge in [0.15, 0.2) is 49.4 Å². The lowest BCUT2D eigenvalue weighted by atomic mass is 9.72. The lowest BCUT2D eigenvalue weighted by Gasteiger charge is -2.43. The summed E-state index contributed by atoms with van der Waals surface area (Å²) in [5.74, 6) is -16.3. The maximum Gasteiger partial charge on any atom is 0.165 e. The molecule has 9 fully saturated rings. The topological polar surface area (TPSA) is 78.7 Å². The predicted octanol–water partition coefficient (Wildman–Crippen LogP) is 3.51. The van der Waals surface area contributed by atoms with E-state index in [2.05, 4.69) is 31.9 Å². The molecule has 32 unspecified atom stereocenters. The Balaban J connectivity index is 1.19. The van der Waals surface area contributed by atoms with Crippen molar-refractivity contribution in [3.63, 3.8) is 0 Å². The quantitative estimate of drug-likeness (QED) is 0.126. The smallest absolute Gasteiger partial charge is 0.165 e. The molecule has 5 aliphatic heterocycles. The van der Waals surface area contributed by atoms with Crippen LogP contribution in [-0.2, 0) is 0 Å². The van der Waals surface area contributed by atoms with Crippen LogP contribution < -0.4 is 31.9 Å². The summed E-state index contributed by atoms with van der Waals surface area (Å²) in [6.45, 7) is 0. The van der Waals surface area contributed by atoms with E-state index < -0.39 is 200 Å². The summed E-state index contributed by atoms with van der Waals surface area (Å²) >= 11 is 13.0. The third-order valence-electron chi connectivity index (χ3n) is 14.6. The summed E-state index contributed by atoms with van der Waals surface area (Å²) in [4.78, 5) is 0. The maximum atomic E-state index is 16.8. The summed E-state index contributed by atoms with van der Waals surface area (Å²) < 4.78 is 250. The van der Waals surface area contributed by atoms with E-state index in [-0.39, 0.29) is 0 Å². The Labute approximate surface area is 329 Å². The molecule has 26 heteroatoms. The van der Waals surface area contributed by atoms with Crippen molar-refractivity contribution in [2.45, 2.75) is 147 Å². The SMILES string of the molecule is FC1C(F)C(F)C2C3NC(NC4C5C(F)C(F)C(F)C(F)C5C(NC5NC(NC6C7C(F)C(F)C(F)C(F)C7C(N3)N6Cl)C3C(Cl)C(F)C(F)C(F)C53)N4F)C2C1F. The second-order valence-electron chi connectivity index (χ2n) is 17.1. The minimum absolute atomic E-state index is 0.393. The van der Waals surface area contributed by atoms with Crippen LogP contribution in [0, 0.1) is 47.3 Å². The van der Waals surface area contributed by atoms with Crippen LogP contribution in [0.1, 0.15) is 0 Å². The normalized spacial score (nSPS) is 64.9. The van der Waals surface area contributed by atoms with Gasteiger partial charge in [0.2, 0.25) is 0 Å². The van der Waals surface area contributed by atoms with E-state index in [9.17, 15) is 0 Å². The van der Waals surface area contributed by atoms with Gasteiger partial charge in [0.05, 0.1) is 54.7 Å². The zero-order valence-corrected chi connectivity index (χ0v) is 30.7. The lowest BCUT2D eigenvalue weighted by Crippen LogP contribution is -2.61. The first-order chi connectivity index (χ1) is 27.3. The zero-order chi connectivity index (χ0) is 41.9. The van der Waals surface area contributed by atoms with E-state index in [1.807, 2.05) is 0 Å². The molecule has 0 radical (unpaired) electrons. The van der Waals surface area contributed by atoms with Crippen LogP contribution in [0.5, 0.6) is 0 Å². The van der Waals surface area contributed by atoms with E-state index in [4.69, 9.17) is 23.4 Å². The van der Waals surface area contributed by atoms with Gasteiger partial charge in [-0.05, 0) is 11.8 Å². The van der Waals surface area contributed by atoms with Gasteiger partial charge in [-0.1, -0.05) is 0 Å². The van der Waals surface area contributed by atoms with Crippen molar-refractivity contribution in [1.82, 2.24) is 41.4 Å². The van der Waals surface area contributed by atoms with Crippen LogP contribution in [-0.4, -0.2) is 157 Å². The minimum Gasteiger partial charge on any atom is -0.286 e. The zero-order valence-electron chi connectivity index (χ0n) is 29.2. The summed E-state index contributed by atoms with van der Waals surface area (Å²) in [6, 6.07) is 0. The van der Waals surface area contributed by atoms with Gasteiger partial charge in [0, 0.05) is 47.3 Å². The average Bonchev–Trinajstić information content (AvgIpc) is 3.90. The average molecular weight is 910 g/mol. The van der Waals surface area contributed by atoms with E-state index >= 15 is 70.3 Å². The highest BCUT2D eigenvalue weighted by atomic mass is 35.5. The molecule has 0 spiro atoms. The molecule has 58 heavy (non-hydrogen) atoms. The van der Waals surface area contributed by atoms with Crippen LogP contribution in [0.4, 0.5) is 70.3 Å². The van der Waals surface area contributed by atoms with Gasteiger partial charge in [-0.15, -0.1) is 21.2 Å². The Bertz CT molecular complexity index is 1340. The molecule has 0 aromatic heterocycles. The molecular weight excluding hydrogens is 871 g/mol. The van der Waals surface area contributed by atoms with Gasteiger partial charge >= 0.3 is 0 Å². The highest BCUT2D eigenvalue weighted by Gasteiger charge is 2.71. The number of alkyl halides is 16. The van der Waals surface area contributed by atoms with Gasteiger partial charge in [-0.2, -0.15) is 4.42 Å². The molecule has 5 saturated heterocycles. The molecule has 0 aromatic rings. The molecule has 5 heterocycles. The van der Waals surface area contributed by atoms with Crippen molar-refractivity contribution >= 4 is 23.4 Å². The fourth-order valence-electron chi connectivity index (χ4n) is 11.9. The Morgan fingerprint density at radius 1 is 0.293 bits per heavy atom. The lowest BCUT2D eigenvalue weighted by molar-refractivity contribution is -0.0982. The fourth-order valence-corrected chi connectivity index (χ4v) is 12.7. The summed E-state index contributed by atoms with van der Waals surface area (Å²) in [5, 5.41) is 12.7. The monoisotopic (exact) mass is 908 g/mol. The summed E-state index contributed by atoms with van der Waals surface area (Å²) in [6.07, 6.45) is -61.2. The van der Waals surface area contributed by atoms with E-state index in [0.717, 1.165) is 0 Å². The third-order valence-corrected chi connectivity index (χ3v) is 15.5. The minimum atomic E-state index is -3.21. The van der Waals surface area contributed by atoms with Crippen molar-refractivity contribution in [3.8, 4) is 0 Å². The molecule has 8 bridgehead atoms. The largest absolute Gasteiger partial charge is 0.286 e. The van der Waals surface area contributed by atoms with Crippen LogP contribution in [0.3, 0.4) is 0 Å². The first kappa shape index (κ1) is 42.4. The van der Waals surface area contributed by atoms with Crippen molar-refractivity contribution in [2.75, 3.05) is 0 Å². The third kappa shape index (κ3) is 5.79. The molecular formula is C32H38Cl2F16N8. The van der Waals surface area contributed by atoms with E-state index in [1.165, 1.54) is 0 Å². The van der Waals surface area contributed by atoms with Gasteiger partial charge in [0.25, 0.3) is 0 Å². The standard InChI is InChI=1S/C32H38Cl2F16N8/c33-9-1-2(10(35)18(43)17(9)42)26-51-25(1)53-29-5-6(14(39)22(47)21(46)13(5)38)30(57(29)34)54-27-3-4(12(37)20(45)19(44)11(3)36)28(52-27)56-32-8-7(31(55-26)58(32)50)15(40)23(48)24(49)16(8)41/h1-32,51-56H. The molecule has 8 nitrogen and oxygen atoms in total. The highest BCUT2D eigenvalue weighted by Crippen LogP contribution is 2.54. The summed E-state index contributed by atoms with van der Waals surface area (Å²) in [7, 11) is 0. The van der Waals surface area contributed by atoms with Crippen LogP contribution in [0.2, 0.25) is 0 Å². The molecule has 32 atom stereocenters. The molecule has 6 N–H and O–H groups in total. The molecule has 9 aliphatic rings. The van der Waals surface area contributed by atoms with Gasteiger partial charge in [0.1, 0.15) is 43.2 Å². The molecule has 4 aliphatic carbocycles. The number of halogens is 18. The summed E-state index contributed by atoms with van der Waals surface area (Å²) in [5.41, 5.74) is 0. The first-order valence-corrected chi connectivity index (χ1v) is 19.8. The number of nitrogens with zero attached hydrogens (tertiary/aromatic N) is 2. The number of nitrogens with one attached hydrogen (secondary N) is 6. The second-order valence-corrected chi connectivity index (χ2v) is 18.0. The van der Waals surface area contributed by atoms with Crippen molar-refractivity contribution in [2.24, 2.45) is 47.3 Å². The van der Waals surface area contributed by atoms with E-state index in [0.29, 0.717) is 4.42 Å². The van der Waals surface area contributed by atoms with Crippen molar-refractivity contribution < 1.29 is 70.3 Å². The first-order valence-electron chi connectivity index (χ1n) is 19.0. The molecule has 0 aromatic carbocycles. The van der Waals surface area contributed by atoms with Crippen molar-refractivity contribution in [3.05, 3.63) is 0 Å². The number of hydrogen-bond donors (Lipinski definition) is 6. The Hall–Kier alpha value is -0.860. The fraction of sp³-hybridized carbons (Fsp3) is 1.00. The molecule has 9 rings (SSSR count). The number of hydrogen-bond acceptors (Lipinski definition) is 8. The van der Waals surface area contributed by atoms with Crippen LogP contribution in [0.15, 0.2) is 0 Å². The van der Waals surface area contributed by atoms with Crippen LogP contribution >= 0.6 is 23.4 Å². The number of fused-ring (bicyclic) bond motifs is 20. The number of rotatable bonds is 0.